The fourth-order valence-electron chi connectivity index (χ4n) is 4.63. The first-order chi connectivity index (χ1) is 21.2. The van der Waals surface area contributed by atoms with Gasteiger partial charge in [0, 0.05) is 31.7 Å². The molecule has 0 bridgehead atoms. The second kappa shape index (κ2) is 17.5. The maximum absolute atomic E-state index is 12.3. The third-order valence-electron chi connectivity index (χ3n) is 7.38. The first kappa shape index (κ1) is 34.8. The van der Waals surface area contributed by atoms with Gasteiger partial charge in [0.25, 0.3) is 5.91 Å². The van der Waals surface area contributed by atoms with Gasteiger partial charge in [-0.3, -0.25) is 9.59 Å². The maximum Gasteiger partial charge on any atom is 0.251 e. The molecule has 0 unspecified atom stereocenters. The minimum Gasteiger partial charge on any atom is -0.497 e. The summed E-state index contributed by atoms with van der Waals surface area (Å²) in [6.45, 7) is 4.38. The van der Waals surface area contributed by atoms with E-state index in [1.54, 1.807) is 24.1 Å². The number of amides is 2. The molecule has 44 heavy (non-hydrogen) atoms. The zero-order valence-electron chi connectivity index (χ0n) is 26.3. The van der Waals surface area contributed by atoms with Gasteiger partial charge in [-0.15, -0.1) is 0 Å². The minimum absolute atomic E-state index is 0.113. The van der Waals surface area contributed by atoms with Crippen LogP contribution >= 0.6 is 0 Å². The van der Waals surface area contributed by atoms with Crippen LogP contribution in [0.5, 0.6) is 5.75 Å². The molecule has 1 saturated carbocycles. The van der Waals surface area contributed by atoms with E-state index in [1.165, 1.54) is 29.1 Å². The Hall–Kier alpha value is -3.73. The van der Waals surface area contributed by atoms with Crippen LogP contribution in [0, 0.1) is 0 Å². The van der Waals surface area contributed by atoms with E-state index in [2.05, 4.69) is 29.7 Å². The van der Waals surface area contributed by atoms with Gasteiger partial charge in [0.1, 0.15) is 5.75 Å². The zero-order valence-corrected chi connectivity index (χ0v) is 27.1. The van der Waals surface area contributed by atoms with Crippen LogP contribution in [-0.2, 0) is 14.8 Å². The molecule has 0 spiro atoms. The summed E-state index contributed by atoms with van der Waals surface area (Å²) in [6, 6.07) is 25.5. The quantitative estimate of drug-likeness (QED) is 0.367. The van der Waals surface area contributed by atoms with E-state index in [0.717, 1.165) is 35.6 Å². The molecule has 2 amide bonds. The van der Waals surface area contributed by atoms with E-state index in [4.69, 9.17) is 4.74 Å². The van der Waals surface area contributed by atoms with Crippen molar-refractivity contribution in [2.75, 3.05) is 59.7 Å². The average Bonchev–Trinajstić information content (AvgIpc) is 3.91. The van der Waals surface area contributed by atoms with Gasteiger partial charge in [-0.05, 0) is 79.7 Å². The fourth-order valence-corrected chi connectivity index (χ4v) is 5.45. The normalized spacial score (nSPS) is 14.8. The summed E-state index contributed by atoms with van der Waals surface area (Å²) in [6.07, 6.45) is 5.13. The van der Waals surface area contributed by atoms with Crippen LogP contribution in [-0.4, -0.2) is 89.1 Å². The van der Waals surface area contributed by atoms with Crippen molar-refractivity contribution in [2.24, 2.45) is 0 Å². The van der Waals surface area contributed by atoms with E-state index >= 15 is 0 Å². The number of sulfonamides is 1. The van der Waals surface area contributed by atoms with Crippen LogP contribution in [0.15, 0.2) is 78.9 Å². The van der Waals surface area contributed by atoms with Crippen molar-refractivity contribution < 1.29 is 22.7 Å². The van der Waals surface area contributed by atoms with Crippen LogP contribution in [0.4, 0.5) is 0 Å². The molecule has 5 rings (SSSR count). The summed E-state index contributed by atoms with van der Waals surface area (Å²) in [7, 11) is 0.428. The van der Waals surface area contributed by atoms with Crippen molar-refractivity contribution in [1.29, 1.82) is 0 Å². The van der Waals surface area contributed by atoms with Gasteiger partial charge in [-0.25, -0.2) is 8.42 Å². The van der Waals surface area contributed by atoms with Crippen molar-refractivity contribution in [3.8, 4) is 16.9 Å². The number of carbonyl (C=O) groups is 2. The molecule has 2 N–H and O–H groups in total. The number of piperazine rings is 1. The molecule has 2 aliphatic rings. The lowest BCUT2D eigenvalue weighted by atomic mass is 10.0. The monoisotopic (exact) mass is 622 g/mol. The van der Waals surface area contributed by atoms with Gasteiger partial charge >= 0.3 is 0 Å². The maximum atomic E-state index is 12.3. The van der Waals surface area contributed by atoms with Crippen molar-refractivity contribution in [3.05, 3.63) is 90.0 Å². The Bertz CT molecular complexity index is 1400. The molecule has 1 aliphatic heterocycles. The van der Waals surface area contributed by atoms with Crippen molar-refractivity contribution in [2.45, 2.75) is 32.1 Å². The molecule has 3 aromatic rings. The molecule has 0 aromatic heterocycles. The number of methoxy groups -OCH3 is 1. The Balaban J connectivity index is 0.000000269. The highest BCUT2D eigenvalue weighted by Crippen LogP contribution is 2.40. The summed E-state index contributed by atoms with van der Waals surface area (Å²) in [5.74, 6) is 1.26. The van der Waals surface area contributed by atoms with Crippen LogP contribution in [0.3, 0.4) is 0 Å². The minimum atomic E-state index is -3.23. The van der Waals surface area contributed by atoms with Crippen molar-refractivity contribution in [3.63, 3.8) is 0 Å². The number of nitrogens with zero attached hydrogens (tertiary/aromatic N) is 2. The lowest BCUT2D eigenvalue weighted by Crippen LogP contribution is -2.52. The van der Waals surface area contributed by atoms with Gasteiger partial charge in [-0.1, -0.05) is 61.5 Å². The molecule has 3 aromatic carbocycles. The molecule has 9 nitrogen and oxygen atoms in total. The topological polar surface area (TPSA) is 108 Å². The Morgan fingerprint density at radius 2 is 1.45 bits per heavy atom. The predicted molar refractivity (Wildman–Crippen MR) is 176 cm³/mol. The van der Waals surface area contributed by atoms with Gasteiger partial charge in [-0.2, -0.15) is 4.31 Å². The molecule has 10 heteroatoms. The Morgan fingerprint density at radius 3 is 1.93 bits per heavy atom. The summed E-state index contributed by atoms with van der Waals surface area (Å²) < 4.78 is 29.4. The summed E-state index contributed by atoms with van der Waals surface area (Å²) in [5.41, 5.74) is 4.02. The molecule has 1 saturated heterocycles. The van der Waals surface area contributed by atoms with Crippen molar-refractivity contribution >= 4 is 21.8 Å². The number of hydrogen-bond acceptors (Lipinski definition) is 6. The van der Waals surface area contributed by atoms with E-state index in [1.807, 2.05) is 61.6 Å². The number of carbonyl (C=O) groups excluding carboxylic acids is 2. The number of hydrogen-bond donors (Lipinski definition) is 2. The predicted octanol–water partition coefficient (Wildman–Crippen LogP) is 4.38. The second-order valence-corrected chi connectivity index (χ2v) is 12.8. The lowest BCUT2D eigenvalue weighted by Gasteiger charge is -2.33. The number of rotatable bonds is 9. The van der Waals surface area contributed by atoms with E-state index < -0.39 is 10.0 Å². The standard InChI is InChI=1S/C20H23N3O4S.C10H12O.C4H11N/c1-28(26,27)23-13-11-22(12-14-23)19(24)15-21-20(25)18-9-7-17(8-10-18)16-5-3-2-4-6-16;1-11-10-6-4-9(5-7-10)8-2-3-8;1-3-4-5-2/h2-10H,11-15H2,1H3,(H,21,25);4-8H,2-3H2,1H3;5H,3-4H2,1-2H3. The molecule has 0 atom stereocenters. The van der Waals surface area contributed by atoms with Crippen LogP contribution in [0.1, 0.15) is 48.0 Å². The lowest BCUT2D eigenvalue weighted by molar-refractivity contribution is -0.131. The Morgan fingerprint density at radius 1 is 0.864 bits per heavy atom. The van der Waals surface area contributed by atoms with Crippen molar-refractivity contribution in [1.82, 2.24) is 19.8 Å². The number of ether oxygens (including phenoxy) is 1. The largest absolute Gasteiger partial charge is 0.497 e. The third-order valence-corrected chi connectivity index (χ3v) is 8.68. The highest BCUT2D eigenvalue weighted by Gasteiger charge is 2.26. The molecular formula is C34H46N4O5S. The van der Waals surface area contributed by atoms with Crippen LogP contribution in [0.2, 0.25) is 0 Å². The Kier molecular flexibility index (Phi) is 13.9. The molecule has 2 fully saturated rings. The van der Waals surface area contributed by atoms with Gasteiger partial charge in [0.05, 0.1) is 19.9 Å². The molecule has 1 aliphatic carbocycles. The van der Waals surface area contributed by atoms with Crippen LogP contribution < -0.4 is 15.4 Å². The zero-order chi connectivity index (χ0) is 32.0. The smallest absolute Gasteiger partial charge is 0.251 e. The molecular weight excluding hydrogens is 576 g/mol. The van der Waals surface area contributed by atoms with Gasteiger partial charge < -0.3 is 20.3 Å². The molecule has 0 radical (unpaired) electrons. The Labute approximate surface area is 262 Å². The SMILES string of the molecule is CCCNC.COc1ccc(C2CC2)cc1.CS(=O)(=O)N1CCN(C(=O)CNC(=O)c2ccc(-c3ccccc3)cc2)CC1. The van der Waals surface area contributed by atoms with E-state index in [-0.39, 0.29) is 31.4 Å². The summed E-state index contributed by atoms with van der Waals surface area (Å²) >= 11 is 0. The first-order valence-electron chi connectivity index (χ1n) is 15.1. The van der Waals surface area contributed by atoms with E-state index in [9.17, 15) is 18.0 Å². The fraction of sp³-hybridized carbons (Fsp3) is 0.412. The summed E-state index contributed by atoms with van der Waals surface area (Å²) in [4.78, 5) is 26.1. The number of nitrogens with one attached hydrogen (secondary N) is 2. The highest BCUT2D eigenvalue weighted by molar-refractivity contribution is 7.88. The molecule has 1 heterocycles. The summed E-state index contributed by atoms with van der Waals surface area (Å²) in [5, 5.41) is 5.65. The van der Waals surface area contributed by atoms with E-state index in [0.29, 0.717) is 18.7 Å². The number of benzene rings is 3. The third kappa shape index (κ3) is 11.4. The van der Waals surface area contributed by atoms with Crippen LogP contribution in [0.25, 0.3) is 11.1 Å². The van der Waals surface area contributed by atoms with Gasteiger partial charge in [0.2, 0.25) is 15.9 Å². The second-order valence-electron chi connectivity index (χ2n) is 10.8. The molecule has 238 valence electrons. The highest BCUT2D eigenvalue weighted by atomic mass is 32.2. The average molecular weight is 623 g/mol. The van der Waals surface area contributed by atoms with Gasteiger partial charge in [0.15, 0.2) is 0 Å². The first-order valence-corrected chi connectivity index (χ1v) is 17.0.